The Bertz CT molecular complexity index is 720. The van der Waals surface area contributed by atoms with Crippen LogP contribution in [0.4, 0.5) is 0 Å². The van der Waals surface area contributed by atoms with E-state index < -0.39 is 0 Å². The second-order valence-electron chi connectivity index (χ2n) is 7.07. The Morgan fingerprint density at radius 1 is 1.28 bits per heavy atom. The third-order valence-corrected chi connectivity index (χ3v) is 5.78. The van der Waals surface area contributed by atoms with Gasteiger partial charge in [0.2, 0.25) is 5.91 Å². The summed E-state index contributed by atoms with van der Waals surface area (Å²) in [6.45, 7) is 5.70. The van der Waals surface area contributed by atoms with E-state index in [2.05, 4.69) is 47.7 Å². The predicted molar refractivity (Wildman–Crippen MR) is 103 cm³/mol. The van der Waals surface area contributed by atoms with Crippen LogP contribution in [0.25, 0.3) is 0 Å². The number of hydrogen-bond donors (Lipinski definition) is 0. The van der Waals surface area contributed by atoms with Gasteiger partial charge >= 0.3 is 0 Å². The van der Waals surface area contributed by atoms with Crippen LogP contribution < -0.4 is 0 Å². The normalized spacial score (nSPS) is 15.6. The van der Waals surface area contributed by atoms with Crippen molar-refractivity contribution >= 4 is 17.5 Å². The molecule has 1 atom stereocenters. The molecule has 1 amide bonds. The molecule has 3 rings (SSSR count). The van der Waals surface area contributed by atoms with E-state index in [-0.39, 0.29) is 12.0 Å². The molecule has 134 valence electrons. The van der Waals surface area contributed by atoms with Gasteiger partial charge < -0.3 is 9.47 Å². The molecule has 1 aromatic carbocycles. The molecule has 0 N–H and O–H groups in total. The van der Waals surface area contributed by atoms with Gasteiger partial charge in [0.15, 0.2) is 0 Å². The fraction of sp³-hybridized carbons (Fsp3) is 0.476. The van der Waals surface area contributed by atoms with Crippen molar-refractivity contribution in [3.05, 3.63) is 58.9 Å². The molecular weight excluding hydrogens is 332 g/mol. The maximum absolute atomic E-state index is 12.9. The van der Waals surface area contributed by atoms with Crippen molar-refractivity contribution in [1.82, 2.24) is 9.47 Å². The van der Waals surface area contributed by atoms with Gasteiger partial charge in [0.1, 0.15) is 0 Å². The SMILES string of the molecule is CCC(C)N(Cc1cccn1Cc1ccccc1Cl)C(=O)C1CCC1. The van der Waals surface area contributed by atoms with Gasteiger partial charge in [0, 0.05) is 35.4 Å². The maximum atomic E-state index is 12.9. The molecule has 1 saturated carbocycles. The molecule has 0 bridgehead atoms. The second-order valence-corrected chi connectivity index (χ2v) is 7.48. The van der Waals surface area contributed by atoms with Gasteiger partial charge in [-0.2, -0.15) is 0 Å². The van der Waals surface area contributed by atoms with Crippen LogP contribution >= 0.6 is 11.6 Å². The summed E-state index contributed by atoms with van der Waals surface area (Å²) >= 11 is 6.31. The number of nitrogens with zero attached hydrogens (tertiary/aromatic N) is 2. The summed E-state index contributed by atoms with van der Waals surface area (Å²) in [5, 5.41) is 0.784. The molecule has 1 heterocycles. The molecule has 4 heteroatoms. The molecule has 3 nitrogen and oxygen atoms in total. The largest absolute Gasteiger partial charge is 0.345 e. The van der Waals surface area contributed by atoms with Crippen LogP contribution in [0, 0.1) is 5.92 Å². The van der Waals surface area contributed by atoms with Crippen LogP contribution in [0.3, 0.4) is 0 Å². The van der Waals surface area contributed by atoms with Crippen molar-refractivity contribution in [2.45, 2.75) is 58.7 Å². The Morgan fingerprint density at radius 2 is 2.04 bits per heavy atom. The molecule has 0 spiro atoms. The minimum atomic E-state index is 0.237. The average Bonchev–Trinajstić information content (AvgIpc) is 2.99. The molecule has 1 aromatic heterocycles. The van der Waals surface area contributed by atoms with Gasteiger partial charge in [-0.05, 0) is 49.9 Å². The molecule has 1 aliphatic rings. The molecule has 1 aliphatic carbocycles. The zero-order valence-corrected chi connectivity index (χ0v) is 15.9. The second kappa shape index (κ2) is 8.09. The molecule has 1 fully saturated rings. The van der Waals surface area contributed by atoms with E-state index in [4.69, 9.17) is 11.6 Å². The lowest BCUT2D eigenvalue weighted by molar-refractivity contribution is -0.141. The van der Waals surface area contributed by atoms with E-state index in [1.165, 1.54) is 6.42 Å². The zero-order chi connectivity index (χ0) is 17.8. The third-order valence-electron chi connectivity index (χ3n) is 5.41. The third kappa shape index (κ3) is 4.09. The summed E-state index contributed by atoms with van der Waals surface area (Å²) in [4.78, 5) is 14.9. The number of hydrogen-bond acceptors (Lipinski definition) is 1. The smallest absolute Gasteiger partial charge is 0.226 e. The molecule has 25 heavy (non-hydrogen) atoms. The van der Waals surface area contributed by atoms with E-state index in [0.29, 0.717) is 12.5 Å². The highest BCUT2D eigenvalue weighted by Crippen LogP contribution is 2.30. The number of halogens is 1. The highest BCUT2D eigenvalue weighted by molar-refractivity contribution is 6.31. The zero-order valence-electron chi connectivity index (χ0n) is 15.1. The van der Waals surface area contributed by atoms with Crippen LogP contribution in [0.2, 0.25) is 5.02 Å². The van der Waals surface area contributed by atoms with Gasteiger partial charge in [0.05, 0.1) is 6.54 Å². The van der Waals surface area contributed by atoms with E-state index >= 15 is 0 Å². The average molecular weight is 359 g/mol. The van der Waals surface area contributed by atoms with Crippen LogP contribution in [0.1, 0.15) is 50.8 Å². The summed E-state index contributed by atoms with van der Waals surface area (Å²) in [5.74, 6) is 0.562. The number of benzene rings is 1. The van der Waals surface area contributed by atoms with Crippen LogP contribution in [0.5, 0.6) is 0 Å². The minimum absolute atomic E-state index is 0.237. The standard InChI is InChI=1S/C21H27ClN2O/c1-3-16(2)24(21(25)17-9-6-10-17)15-19-11-7-13-23(19)14-18-8-4-5-12-20(18)22/h4-5,7-8,11-13,16-17H,3,6,9-10,14-15H2,1-2H3. The van der Waals surface area contributed by atoms with Gasteiger partial charge in [-0.15, -0.1) is 0 Å². The van der Waals surface area contributed by atoms with E-state index in [1.807, 2.05) is 18.2 Å². The van der Waals surface area contributed by atoms with Crippen molar-refractivity contribution in [1.29, 1.82) is 0 Å². The first-order valence-electron chi connectivity index (χ1n) is 9.28. The Morgan fingerprint density at radius 3 is 2.68 bits per heavy atom. The fourth-order valence-corrected chi connectivity index (χ4v) is 3.49. The van der Waals surface area contributed by atoms with Crippen LogP contribution in [-0.4, -0.2) is 21.4 Å². The number of amides is 1. The summed E-state index contributed by atoms with van der Waals surface area (Å²) in [6.07, 6.45) is 6.33. The van der Waals surface area contributed by atoms with Crippen molar-refractivity contribution in [3.63, 3.8) is 0 Å². The van der Waals surface area contributed by atoms with E-state index in [0.717, 1.165) is 42.1 Å². The number of aromatic nitrogens is 1. The lowest BCUT2D eigenvalue weighted by atomic mass is 9.84. The lowest BCUT2D eigenvalue weighted by Crippen LogP contribution is -2.43. The minimum Gasteiger partial charge on any atom is -0.345 e. The molecule has 2 aromatic rings. The molecule has 1 unspecified atom stereocenters. The Kier molecular flexibility index (Phi) is 5.85. The van der Waals surface area contributed by atoms with Crippen molar-refractivity contribution in [2.75, 3.05) is 0 Å². The number of carbonyl (C=O) groups excluding carboxylic acids is 1. The van der Waals surface area contributed by atoms with Gasteiger partial charge in [-0.1, -0.05) is 43.1 Å². The first-order chi connectivity index (χ1) is 12.1. The quantitative estimate of drug-likeness (QED) is 0.674. The topological polar surface area (TPSA) is 25.2 Å². The molecule has 0 aliphatic heterocycles. The lowest BCUT2D eigenvalue weighted by Gasteiger charge is -2.35. The molecular formula is C21H27ClN2O. The van der Waals surface area contributed by atoms with Crippen molar-refractivity contribution < 1.29 is 4.79 Å². The Labute approximate surface area is 155 Å². The first-order valence-corrected chi connectivity index (χ1v) is 9.65. The summed E-state index contributed by atoms with van der Waals surface area (Å²) in [5.41, 5.74) is 2.26. The summed E-state index contributed by atoms with van der Waals surface area (Å²) in [7, 11) is 0. The summed E-state index contributed by atoms with van der Waals surface area (Å²) in [6, 6.07) is 12.4. The highest BCUT2D eigenvalue weighted by atomic mass is 35.5. The monoisotopic (exact) mass is 358 g/mol. The van der Waals surface area contributed by atoms with Crippen LogP contribution in [-0.2, 0) is 17.9 Å². The Balaban J connectivity index is 1.77. The van der Waals surface area contributed by atoms with Gasteiger partial charge in [-0.3, -0.25) is 4.79 Å². The number of rotatable bonds is 7. The van der Waals surface area contributed by atoms with Crippen LogP contribution in [0.15, 0.2) is 42.6 Å². The Hall–Kier alpha value is -1.74. The molecule has 0 saturated heterocycles. The number of carbonyl (C=O) groups is 1. The predicted octanol–water partition coefficient (Wildman–Crippen LogP) is 5.12. The summed E-state index contributed by atoms with van der Waals surface area (Å²) < 4.78 is 2.20. The van der Waals surface area contributed by atoms with E-state index in [9.17, 15) is 4.79 Å². The van der Waals surface area contributed by atoms with Gasteiger partial charge in [-0.25, -0.2) is 0 Å². The van der Waals surface area contributed by atoms with E-state index in [1.54, 1.807) is 0 Å². The first kappa shape index (κ1) is 18.1. The maximum Gasteiger partial charge on any atom is 0.226 e. The van der Waals surface area contributed by atoms with Gasteiger partial charge in [0.25, 0.3) is 0 Å². The fourth-order valence-electron chi connectivity index (χ4n) is 3.29. The van der Waals surface area contributed by atoms with Crippen molar-refractivity contribution in [3.8, 4) is 0 Å². The highest BCUT2D eigenvalue weighted by Gasteiger charge is 2.31. The molecule has 0 radical (unpaired) electrons. The van der Waals surface area contributed by atoms with Crippen molar-refractivity contribution in [2.24, 2.45) is 5.92 Å².